The van der Waals surface area contributed by atoms with Gasteiger partial charge in [-0.25, -0.2) is 14.6 Å². The summed E-state index contributed by atoms with van der Waals surface area (Å²) in [4.78, 5) is 8.44. The maximum Gasteiger partial charge on any atom is 0.163 e. The van der Waals surface area contributed by atoms with E-state index in [-0.39, 0.29) is 0 Å². The van der Waals surface area contributed by atoms with Gasteiger partial charge in [-0.2, -0.15) is 5.10 Å². The van der Waals surface area contributed by atoms with Crippen molar-refractivity contribution in [2.24, 2.45) is 5.73 Å². The second-order valence-corrected chi connectivity index (χ2v) is 3.70. The van der Waals surface area contributed by atoms with Crippen LogP contribution in [0.25, 0.3) is 16.6 Å². The van der Waals surface area contributed by atoms with Crippen molar-refractivity contribution in [2.45, 2.75) is 6.54 Å². The van der Waals surface area contributed by atoms with Crippen molar-refractivity contribution in [1.82, 2.24) is 19.7 Å². The van der Waals surface area contributed by atoms with E-state index in [1.807, 2.05) is 30.3 Å². The summed E-state index contributed by atoms with van der Waals surface area (Å²) in [6, 6.07) is 10.0. The highest BCUT2D eigenvalue weighted by Crippen LogP contribution is 2.20. The molecule has 0 spiro atoms. The third-order valence-electron chi connectivity index (χ3n) is 2.62. The lowest BCUT2D eigenvalue weighted by Gasteiger charge is -2.07. The molecule has 0 radical (unpaired) electrons. The van der Waals surface area contributed by atoms with E-state index in [0.29, 0.717) is 6.54 Å². The fourth-order valence-corrected chi connectivity index (χ4v) is 1.83. The molecule has 0 aliphatic carbocycles. The zero-order valence-electron chi connectivity index (χ0n) is 9.11. The summed E-state index contributed by atoms with van der Waals surface area (Å²) < 4.78 is 1.65. The molecule has 2 heterocycles. The summed E-state index contributed by atoms with van der Waals surface area (Å²) in [6.45, 7) is 0.409. The predicted molar refractivity (Wildman–Crippen MR) is 64.6 cm³/mol. The van der Waals surface area contributed by atoms with E-state index >= 15 is 0 Å². The standard InChI is InChI=1S/C12H11N5/c13-6-10-5-9-3-1-2-4-11(9)12(16-10)17-8-14-7-15-17/h1-5,7-8H,6,13H2. The van der Waals surface area contributed by atoms with Crippen LogP contribution in [0.4, 0.5) is 0 Å². The highest BCUT2D eigenvalue weighted by atomic mass is 15.3. The van der Waals surface area contributed by atoms with Crippen LogP contribution in [0.3, 0.4) is 0 Å². The maximum absolute atomic E-state index is 5.66. The van der Waals surface area contributed by atoms with Crippen molar-refractivity contribution in [3.05, 3.63) is 48.7 Å². The Hall–Kier alpha value is -2.27. The Kier molecular flexibility index (Phi) is 2.31. The SMILES string of the molecule is NCc1cc2ccccc2c(-n2cncn2)n1. The van der Waals surface area contributed by atoms with Gasteiger partial charge in [-0.15, -0.1) is 0 Å². The van der Waals surface area contributed by atoms with E-state index in [2.05, 4.69) is 15.1 Å². The van der Waals surface area contributed by atoms with E-state index in [4.69, 9.17) is 5.73 Å². The Balaban J connectivity index is 2.35. The molecule has 0 bridgehead atoms. The van der Waals surface area contributed by atoms with Gasteiger partial charge in [0.05, 0.1) is 5.69 Å². The maximum atomic E-state index is 5.66. The van der Waals surface area contributed by atoms with Gasteiger partial charge in [0.1, 0.15) is 12.7 Å². The number of pyridine rings is 1. The second kappa shape index (κ2) is 3.95. The van der Waals surface area contributed by atoms with Crippen molar-refractivity contribution in [1.29, 1.82) is 0 Å². The van der Waals surface area contributed by atoms with Crippen LogP contribution in [0.2, 0.25) is 0 Å². The van der Waals surface area contributed by atoms with Crippen LogP contribution in [0.5, 0.6) is 0 Å². The molecular weight excluding hydrogens is 214 g/mol. The average molecular weight is 225 g/mol. The number of fused-ring (bicyclic) bond motifs is 1. The van der Waals surface area contributed by atoms with Crippen molar-refractivity contribution in [2.75, 3.05) is 0 Å². The third-order valence-corrected chi connectivity index (χ3v) is 2.62. The molecule has 1 aromatic carbocycles. The second-order valence-electron chi connectivity index (χ2n) is 3.70. The number of nitrogens with zero attached hydrogens (tertiary/aromatic N) is 4. The molecule has 0 amide bonds. The largest absolute Gasteiger partial charge is 0.325 e. The van der Waals surface area contributed by atoms with E-state index < -0.39 is 0 Å². The lowest BCUT2D eigenvalue weighted by atomic mass is 10.1. The van der Waals surface area contributed by atoms with Crippen molar-refractivity contribution < 1.29 is 0 Å². The van der Waals surface area contributed by atoms with E-state index in [1.165, 1.54) is 6.33 Å². The minimum atomic E-state index is 0.409. The Morgan fingerprint density at radius 3 is 2.88 bits per heavy atom. The molecule has 17 heavy (non-hydrogen) atoms. The summed E-state index contributed by atoms with van der Waals surface area (Å²) in [5, 5.41) is 6.26. The topological polar surface area (TPSA) is 69.6 Å². The first-order chi connectivity index (χ1) is 8.38. The third kappa shape index (κ3) is 1.66. The molecule has 0 saturated carbocycles. The summed E-state index contributed by atoms with van der Waals surface area (Å²) in [5.41, 5.74) is 6.50. The summed E-state index contributed by atoms with van der Waals surface area (Å²) in [6.07, 6.45) is 3.13. The molecule has 0 fully saturated rings. The first-order valence-corrected chi connectivity index (χ1v) is 5.32. The van der Waals surface area contributed by atoms with Gasteiger partial charge in [-0.3, -0.25) is 0 Å². The summed E-state index contributed by atoms with van der Waals surface area (Å²) in [5.74, 6) is 0.765. The molecule has 0 aliphatic rings. The molecule has 84 valence electrons. The normalized spacial score (nSPS) is 10.9. The van der Waals surface area contributed by atoms with Crippen molar-refractivity contribution in [3.63, 3.8) is 0 Å². The first kappa shape index (κ1) is 9.92. The molecular formula is C12H11N5. The lowest BCUT2D eigenvalue weighted by molar-refractivity contribution is 0.837. The van der Waals surface area contributed by atoms with Crippen LogP contribution in [0.1, 0.15) is 5.69 Å². The quantitative estimate of drug-likeness (QED) is 0.713. The molecule has 0 unspecified atom stereocenters. The smallest absolute Gasteiger partial charge is 0.163 e. The molecule has 0 saturated heterocycles. The minimum Gasteiger partial charge on any atom is -0.325 e. The van der Waals surface area contributed by atoms with Crippen LogP contribution < -0.4 is 5.73 Å². The van der Waals surface area contributed by atoms with Crippen LogP contribution >= 0.6 is 0 Å². The summed E-state index contributed by atoms with van der Waals surface area (Å²) in [7, 11) is 0. The van der Waals surface area contributed by atoms with Crippen LogP contribution in [-0.4, -0.2) is 19.7 Å². The van der Waals surface area contributed by atoms with Gasteiger partial charge in [0.15, 0.2) is 5.82 Å². The molecule has 5 heteroatoms. The zero-order chi connectivity index (χ0) is 11.7. The average Bonchev–Trinajstić information content (AvgIpc) is 2.91. The van der Waals surface area contributed by atoms with E-state index in [1.54, 1.807) is 11.0 Å². The number of rotatable bonds is 2. The number of hydrogen-bond donors (Lipinski definition) is 1. The fourth-order valence-electron chi connectivity index (χ4n) is 1.83. The van der Waals surface area contributed by atoms with E-state index in [0.717, 1.165) is 22.3 Å². The molecule has 0 aliphatic heterocycles. The molecule has 3 rings (SSSR count). The van der Waals surface area contributed by atoms with Gasteiger partial charge in [-0.1, -0.05) is 24.3 Å². The predicted octanol–water partition coefficient (Wildman–Crippen LogP) is 1.27. The van der Waals surface area contributed by atoms with E-state index in [9.17, 15) is 0 Å². The highest BCUT2D eigenvalue weighted by molar-refractivity contribution is 5.88. The van der Waals surface area contributed by atoms with Crippen LogP contribution in [-0.2, 0) is 6.54 Å². The Morgan fingerprint density at radius 2 is 2.12 bits per heavy atom. The van der Waals surface area contributed by atoms with Gasteiger partial charge < -0.3 is 5.73 Å². The number of nitrogens with two attached hydrogens (primary N) is 1. The molecule has 3 aromatic rings. The van der Waals surface area contributed by atoms with Gasteiger partial charge in [0.2, 0.25) is 0 Å². The number of aromatic nitrogens is 4. The monoisotopic (exact) mass is 225 g/mol. The van der Waals surface area contributed by atoms with Gasteiger partial charge in [0, 0.05) is 11.9 Å². The first-order valence-electron chi connectivity index (χ1n) is 5.32. The van der Waals surface area contributed by atoms with Gasteiger partial charge >= 0.3 is 0 Å². The van der Waals surface area contributed by atoms with Crippen LogP contribution in [0.15, 0.2) is 43.0 Å². The van der Waals surface area contributed by atoms with Crippen molar-refractivity contribution >= 4 is 10.8 Å². The highest BCUT2D eigenvalue weighted by Gasteiger charge is 2.07. The lowest BCUT2D eigenvalue weighted by Crippen LogP contribution is -2.05. The summed E-state index contributed by atoms with van der Waals surface area (Å²) >= 11 is 0. The Labute approximate surface area is 97.9 Å². The molecule has 5 nitrogen and oxygen atoms in total. The fraction of sp³-hybridized carbons (Fsp3) is 0.0833. The molecule has 2 N–H and O–H groups in total. The Morgan fingerprint density at radius 1 is 1.24 bits per heavy atom. The van der Waals surface area contributed by atoms with Crippen LogP contribution in [0, 0.1) is 0 Å². The van der Waals surface area contributed by atoms with Gasteiger partial charge in [0.25, 0.3) is 0 Å². The van der Waals surface area contributed by atoms with Gasteiger partial charge in [-0.05, 0) is 11.5 Å². The number of hydrogen-bond acceptors (Lipinski definition) is 4. The zero-order valence-corrected chi connectivity index (χ0v) is 9.11. The van der Waals surface area contributed by atoms with Crippen molar-refractivity contribution in [3.8, 4) is 5.82 Å². The molecule has 0 atom stereocenters. The minimum absolute atomic E-state index is 0.409. The Bertz CT molecular complexity index is 645. The number of benzene rings is 1. The molecule has 2 aromatic heterocycles.